The van der Waals surface area contributed by atoms with Gasteiger partial charge in [-0.05, 0) is 54.4 Å². The second-order valence-electron chi connectivity index (χ2n) is 7.02. The average molecular weight is 427 g/mol. The number of ether oxygens (including phenoxy) is 1. The lowest BCUT2D eigenvalue weighted by Crippen LogP contribution is -2.47. The van der Waals surface area contributed by atoms with Crippen molar-refractivity contribution in [3.05, 3.63) is 72.3 Å². The first-order valence-corrected chi connectivity index (χ1v) is 11.6. The van der Waals surface area contributed by atoms with Crippen molar-refractivity contribution < 1.29 is 17.9 Å². The van der Waals surface area contributed by atoms with Crippen molar-refractivity contribution in [2.24, 2.45) is 0 Å². The minimum atomic E-state index is -3.67. The molecule has 0 aromatic heterocycles. The third-order valence-electron chi connectivity index (χ3n) is 4.82. The fraction of sp³-hybridized carbons (Fsp3) is 0.261. The SMILES string of the molecule is CCOc1ccc(N([C@@H](C)C(=O)NCc2cccc3ccccc23)S(C)(=O)=O)cc1. The molecule has 0 saturated heterocycles. The molecule has 0 bridgehead atoms. The number of anilines is 1. The standard InChI is InChI=1S/C23H26N2O4S/c1-4-29-21-14-12-20(13-15-21)25(30(3,27)28)17(2)23(26)24-16-19-10-7-9-18-8-5-6-11-22(18)19/h5-15,17H,4,16H2,1-3H3,(H,24,26)/t17-/m0/s1. The van der Waals surface area contributed by atoms with Crippen LogP contribution in [0.2, 0.25) is 0 Å². The van der Waals surface area contributed by atoms with E-state index in [1.54, 1.807) is 31.2 Å². The molecule has 1 N–H and O–H groups in total. The lowest BCUT2D eigenvalue weighted by Gasteiger charge is -2.28. The summed E-state index contributed by atoms with van der Waals surface area (Å²) in [4.78, 5) is 12.8. The van der Waals surface area contributed by atoms with Crippen LogP contribution in [0.4, 0.5) is 5.69 Å². The molecule has 0 unspecified atom stereocenters. The van der Waals surface area contributed by atoms with Gasteiger partial charge in [0.05, 0.1) is 18.6 Å². The fourth-order valence-electron chi connectivity index (χ4n) is 3.44. The van der Waals surface area contributed by atoms with Gasteiger partial charge in [0.1, 0.15) is 11.8 Å². The van der Waals surface area contributed by atoms with E-state index in [1.165, 1.54) is 0 Å². The highest BCUT2D eigenvalue weighted by molar-refractivity contribution is 7.92. The predicted molar refractivity (Wildman–Crippen MR) is 120 cm³/mol. The predicted octanol–water partition coefficient (Wildman–Crippen LogP) is 3.71. The molecule has 0 radical (unpaired) electrons. The minimum Gasteiger partial charge on any atom is -0.494 e. The molecule has 0 saturated carbocycles. The van der Waals surface area contributed by atoms with E-state index in [0.717, 1.165) is 26.9 Å². The summed E-state index contributed by atoms with van der Waals surface area (Å²) in [5.74, 6) is 0.269. The molecule has 0 heterocycles. The van der Waals surface area contributed by atoms with Crippen molar-refractivity contribution in [1.29, 1.82) is 0 Å². The molecular weight excluding hydrogens is 400 g/mol. The Hall–Kier alpha value is -3.06. The number of hydrogen-bond donors (Lipinski definition) is 1. The average Bonchev–Trinajstić information content (AvgIpc) is 2.72. The molecule has 1 atom stereocenters. The number of fused-ring (bicyclic) bond motifs is 1. The van der Waals surface area contributed by atoms with Gasteiger partial charge in [-0.1, -0.05) is 42.5 Å². The summed E-state index contributed by atoms with van der Waals surface area (Å²) in [5, 5.41) is 5.02. The monoisotopic (exact) mass is 426 g/mol. The Morgan fingerprint density at radius 3 is 2.37 bits per heavy atom. The van der Waals surface area contributed by atoms with Gasteiger partial charge < -0.3 is 10.1 Å². The summed E-state index contributed by atoms with van der Waals surface area (Å²) >= 11 is 0. The summed E-state index contributed by atoms with van der Waals surface area (Å²) in [6.45, 7) is 4.28. The number of amides is 1. The van der Waals surface area contributed by atoms with Crippen LogP contribution in [0.15, 0.2) is 66.7 Å². The maximum absolute atomic E-state index is 12.8. The molecular formula is C23H26N2O4S. The third kappa shape index (κ3) is 4.91. The van der Waals surface area contributed by atoms with Crippen LogP contribution < -0.4 is 14.4 Å². The molecule has 0 spiro atoms. The summed E-state index contributed by atoms with van der Waals surface area (Å²) in [7, 11) is -3.67. The summed E-state index contributed by atoms with van der Waals surface area (Å²) in [6, 6.07) is 19.6. The van der Waals surface area contributed by atoms with Crippen LogP contribution in [0, 0.1) is 0 Å². The fourth-order valence-corrected chi connectivity index (χ4v) is 4.62. The van der Waals surface area contributed by atoms with Gasteiger partial charge in [-0.3, -0.25) is 9.10 Å². The zero-order valence-electron chi connectivity index (χ0n) is 17.3. The van der Waals surface area contributed by atoms with Crippen LogP contribution in [-0.4, -0.2) is 33.2 Å². The number of carbonyl (C=O) groups excluding carboxylic acids is 1. The number of sulfonamides is 1. The minimum absolute atomic E-state index is 0.311. The Bertz CT molecular complexity index is 1120. The van der Waals surface area contributed by atoms with Crippen molar-refractivity contribution in [3.63, 3.8) is 0 Å². The normalized spacial score (nSPS) is 12.4. The molecule has 3 rings (SSSR count). The van der Waals surface area contributed by atoms with Gasteiger partial charge in [0, 0.05) is 6.54 Å². The van der Waals surface area contributed by atoms with E-state index < -0.39 is 16.1 Å². The maximum atomic E-state index is 12.8. The molecule has 3 aromatic rings. The smallest absolute Gasteiger partial charge is 0.243 e. The van der Waals surface area contributed by atoms with Gasteiger partial charge >= 0.3 is 0 Å². The molecule has 30 heavy (non-hydrogen) atoms. The van der Waals surface area contributed by atoms with Gasteiger partial charge in [-0.2, -0.15) is 0 Å². The number of nitrogens with zero attached hydrogens (tertiary/aromatic N) is 1. The van der Waals surface area contributed by atoms with Crippen molar-refractivity contribution >= 4 is 32.4 Å². The van der Waals surface area contributed by atoms with Crippen LogP contribution in [0.3, 0.4) is 0 Å². The number of carbonyl (C=O) groups is 1. The first-order valence-electron chi connectivity index (χ1n) is 9.78. The second kappa shape index (κ2) is 9.17. The molecule has 0 aliphatic rings. The number of nitrogens with one attached hydrogen (secondary N) is 1. The van der Waals surface area contributed by atoms with Crippen LogP contribution in [0.5, 0.6) is 5.75 Å². The molecule has 158 valence electrons. The zero-order chi connectivity index (χ0) is 21.7. The first kappa shape index (κ1) is 21.6. The molecule has 3 aromatic carbocycles. The van der Waals surface area contributed by atoms with Gasteiger partial charge in [0.25, 0.3) is 0 Å². The van der Waals surface area contributed by atoms with Crippen molar-refractivity contribution in [2.75, 3.05) is 17.2 Å². The highest BCUT2D eigenvalue weighted by Gasteiger charge is 2.29. The third-order valence-corrected chi connectivity index (χ3v) is 6.07. The summed E-state index contributed by atoms with van der Waals surface area (Å²) in [5.41, 5.74) is 1.38. The molecule has 0 aliphatic heterocycles. The lowest BCUT2D eigenvalue weighted by atomic mass is 10.0. The van der Waals surface area contributed by atoms with E-state index in [-0.39, 0.29) is 5.91 Å². The highest BCUT2D eigenvalue weighted by Crippen LogP contribution is 2.24. The molecule has 6 nitrogen and oxygen atoms in total. The van der Waals surface area contributed by atoms with Gasteiger partial charge in [-0.15, -0.1) is 0 Å². The van der Waals surface area contributed by atoms with E-state index in [4.69, 9.17) is 4.74 Å². The van der Waals surface area contributed by atoms with E-state index >= 15 is 0 Å². The molecule has 1 amide bonds. The Balaban J connectivity index is 1.79. The number of rotatable bonds is 8. The van der Waals surface area contributed by atoms with Crippen molar-refractivity contribution in [2.45, 2.75) is 26.4 Å². The van der Waals surface area contributed by atoms with Crippen LogP contribution >= 0.6 is 0 Å². The molecule has 7 heteroatoms. The number of hydrogen-bond acceptors (Lipinski definition) is 4. The quantitative estimate of drug-likeness (QED) is 0.596. The Kier molecular flexibility index (Phi) is 6.62. The topological polar surface area (TPSA) is 75.7 Å². The van der Waals surface area contributed by atoms with Gasteiger partial charge in [0.15, 0.2) is 0 Å². The van der Waals surface area contributed by atoms with E-state index in [0.29, 0.717) is 24.6 Å². The highest BCUT2D eigenvalue weighted by atomic mass is 32.2. The molecule has 0 aliphatic carbocycles. The first-order chi connectivity index (χ1) is 14.3. The van der Waals surface area contributed by atoms with E-state index in [2.05, 4.69) is 5.32 Å². The Morgan fingerprint density at radius 1 is 1.03 bits per heavy atom. The van der Waals surface area contributed by atoms with Gasteiger partial charge in [-0.25, -0.2) is 8.42 Å². The van der Waals surface area contributed by atoms with E-state index in [9.17, 15) is 13.2 Å². The lowest BCUT2D eigenvalue weighted by molar-refractivity contribution is -0.122. The summed E-state index contributed by atoms with van der Waals surface area (Å²) < 4.78 is 31.4. The maximum Gasteiger partial charge on any atom is 0.243 e. The largest absolute Gasteiger partial charge is 0.494 e. The van der Waals surface area contributed by atoms with Crippen molar-refractivity contribution in [3.8, 4) is 5.75 Å². The Labute approximate surface area is 177 Å². The molecule has 0 fully saturated rings. The van der Waals surface area contributed by atoms with E-state index in [1.807, 2.05) is 49.4 Å². The zero-order valence-corrected chi connectivity index (χ0v) is 18.1. The van der Waals surface area contributed by atoms with Gasteiger partial charge in [0.2, 0.25) is 15.9 Å². The van der Waals surface area contributed by atoms with Crippen LogP contribution in [0.25, 0.3) is 10.8 Å². The van der Waals surface area contributed by atoms with Crippen LogP contribution in [-0.2, 0) is 21.4 Å². The van der Waals surface area contributed by atoms with Crippen molar-refractivity contribution in [1.82, 2.24) is 5.32 Å². The number of benzene rings is 3. The second-order valence-corrected chi connectivity index (χ2v) is 8.88. The Morgan fingerprint density at radius 2 is 1.70 bits per heavy atom. The summed E-state index contributed by atoms with van der Waals surface area (Å²) in [6.07, 6.45) is 1.10. The van der Waals surface area contributed by atoms with Crippen LogP contribution in [0.1, 0.15) is 19.4 Å².